The van der Waals surface area contributed by atoms with E-state index in [9.17, 15) is 0 Å². The number of rotatable bonds is 1. The van der Waals surface area contributed by atoms with Crippen molar-refractivity contribution in [3.05, 3.63) is 51.2 Å². The van der Waals surface area contributed by atoms with Gasteiger partial charge in [-0.3, -0.25) is 0 Å². The lowest BCUT2D eigenvalue weighted by atomic mass is 10.1. The number of benzene rings is 1. The van der Waals surface area contributed by atoms with Crippen molar-refractivity contribution in [1.29, 1.82) is 0 Å². The van der Waals surface area contributed by atoms with Crippen molar-refractivity contribution in [2.24, 2.45) is 0 Å². The van der Waals surface area contributed by atoms with Crippen molar-refractivity contribution in [3.8, 4) is 11.5 Å². The molecule has 2 heterocycles. The second-order valence-electron chi connectivity index (χ2n) is 4.98. The Morgan fingerprint density at radius 1 is 0.905 bits per heavy atom. The van der Waals surface area contributed by atoms with Gasteiger partial charge in [-0.25, -0.2) is 0 Å². The van der Waals surface area contributed by atoms with Crippen LogP contribution in [0.2, 0.25) is 0 Å². The van der Waals surface area contributed by atoms with Crippen LogP contribution in [0.4, 0.5) is 0 Å². The lowest BCUT2D eigenvalue weighted by Gasteiger charge is -2.15. The van der Waals surface area contributed by atoms with E-state index in [2.05, 4.69) is 51.1 Å². The van der Waals surface area contributed by atoms with Crippen LogP contribution in [0.3, 0.4) is 0 Å². The lowest BCUT2D eigenvalue weighted by Crippen LogP contribution is -2.14. The summed E-state index contributed by atoms with van der Waals surface area (Å²) in [5.74, 6) is 1.91. The van der Waals surface area contributed by atoms with Crippen LogP contribution in [-0.2, 0) is 0 Å². The van der Waals surface area contributed by atoms with Crippen molar-refractivity contribution in [2.75, 3.05) is 13.2 Å². The van der Waals surface area contributed by atoms with Crippen molar-refractivity contribution >= 4 is 17.4 Å². The smallest absolute Gasteiger partial charge is 0.175 e. The van der Waals surface area contributed by atoms with Gasteiger partial charge in [0.15, 0.2) is 11.5 Å². The van der Waals surface area contributed by atoms with E-state index >= 15 is 0 Å². The molecular formula is C18H22O2S. The first-order valence-electron chi connectivity index (χ1n) is 7.16. The average Bonchev–Trinajstić information content (AvgIpc) is 2.78. The first-order valence-corrected chi connectivity index (χ1v) is 7.98. The maximum Gasteiger partial charge on any atom is 0.175 e. The number of allylic oxidation sites excluding steroid dienone is 1. The van der Waals surface area contributed by atoms with Gasteiger partial charge in [0.05, 0.1) is 0 Å². The zero-order chi connectivity index (χ0) is 15.2. The number of fused-ring (bicyclic) bond motifs is 1. The lowest BCUT2D eigenvalue weighted by molar-refractivity contribution is 0.171. The second kappa shape index (κ2) is 7.32. The van der Waals surface area contributed by atoms with Crippen LogP contribution in [0.15, 0.2) is 30.3 Å². The van der Waals surface area contributed by atoms with Gasteiger partial charge in [0, 0.05) is 9.75 Å². The molecule has 1 aliphatic rings. The van der Waals surface area contributed by atoms with E-state index in [-0.39, 0.29) is 0 Å². The molecule has 0 radical (unpaired) electrons. The van der Waals surface area contributed by atoms with E-state index in [1.165, 1.54) is 20.9 Å². The molecule has 2 aromatic rings. The van der Waals surface area contributed by atoms with Crippen LogP contribution in [0, 0.1) is 20.8 Å². The molecule has 1 aliphatic heterocycles. The van der Waals surface area contributed by atoms with Crippen LogP contribution in [0.5, 0.6) is 11.5 Å². The Bertz CT molecular complexity index is 582. The minimum absolute atomic E-state index is 0.685. The summed E-state index contributed by atoms with van der Waals surface area (Å²) in [6.45, 7) is 9.61. The maximum atomic E-state index is 5.46. The van der Waals surface area contributed by atoms with Crippen molar-refractivity contribution in [1.82, 2.24) is 0 Å². The summed E-state index contributed by atoms with van der Waals surface area (Å²) in [5.41, 5.74) is 2.58. The van der Waals surface area contributed by atoms with Gasteiger partial charge in [-0.1, -0.05) is 42.0 Å². The van der Waals surface area contributed by atoms with E-state index in [0.29, 0.717) is 13.2 Å². The Labute approximate surface area is 131 Å². The highest BCUT2D eigenvalue weighted by molar-refractivity contribution is 7.12. The Morgan fingerprint density at radius 2 is 1.43 bits per heavy atom. The summed E-state index contributed by atoms with van der Waals surface area (Å²) in [6, 6.07) is 8.48. The van der Waals surface area contributed by atoms with Gasteiger partial charge in [0.2, 0.25) is 0 Å². The van der Waals surface area contributed by atoms with E-state index in [1.54, 1.807) is 11.3 Å². The quantitative estimate of drug-likeness (QED) is 0.724. The van der Waals surface area contributed by atoms with Gasteiger partial charge in [-0.2, -0.15) is 0 Å². The summed E-state index contributed by atoms with van der Waals surface area (Å²) in [7, 11) is 0. The minimum Gasteiger partial charge on any atom is -0.485 e. The Kier molecular flexibility index (Phi) is 5.45. The average molecular weight is 302 g/mol. The van der Waals surface area contributed by atoms with Crippen molar-refractivity contribution < 1.29 is 9.47 Å². The molecule has 0 unspecified atom stereocenters. The molecule has 1 aromatic carbocycles. The van der Waals surface area contributed by atoms with Gasteiger partial charge >= 0.3 is 0 Å². The zero-order valence-electron chi connectivity index (χ0n) is 13.1. The molecule has 0 spiro atoms. The summed E-state index contributed by atoms with van der Waals surface area (Å²) >= 11 is 1.74. The third kappa shape index (κ3) is 4.11. The van der Waals surface area contributed by atoms with Crippen molar-refractivity contribution in [3.63, 3.8) is 0 Å². The SMILES string of the molecule is CC=Cc1ccc(C)cc1.Cc1sc(C)c2c1OCCO2. The highest BCUT2D eigenvalue weighted by Gasteiger charge is 2.19. The predicted molar refractivity (Wildman–Crippen MR) is 90.7 cm³/mol. The van der Waals surface area contributed by atoms with Crippen LogP contribution < -0.4 is 9.47 Å². The molecule has 0 saturated heterocycles. The van der Waals surface area contributed by atoms with Crippen LogP contribution in [0.1, 0.15) is 27.8 Å². The Morgan fingerprint density at radius 3 is 1.90 bits per heavy atom. The normalized spacial score (nSPS) is 13.0. The maximum absolute atomic E-state index is 5.46. The largest absolute Gasteiger partial charge is 0.485 e. The third-order valence-corrected chi connectivity index (χ3v) is 4.15. The molecule has 0 amide bonds. The van der Waals surface area contributed by atoms with Crippen LogP contribution >= 0.6 is 11.3 Å². The highest BCUT2D eigenvalue weighted by atomic mass is 32.1. The van der Waals surface area contributed by atoms with Crippen LogP contribution in [0.25, 0.3) is 6.08 Å². The number of hydrogen-bond donors (Lipinski definition) is 0. The standard InChI is InChI=1S/C10H12.C8H10O2S/c1-3-4-10-7-5-9(2)6-8-10;1-5-7-8(6(2)11-5)10-4-3-9-7/h3-8H,1-2H3;3-4H2,1-2H3. The number of hydrogen-bond acceptors (Lipinski definition) is 3. The number of ether oxygens (including phenoxy) is 2. The van der Waals surface area contributed by atoms with Crippen molar-refractivity contribution in [2.45, 2.75) is 27.7 Å². The molecule has 112 valence electrons. The monoisotopic (exact) mass is 302 g/mol. The molecule has 0 atom stereocenters. The van der Waals surface area contributed by atoms with Gasteiger partial charge in [0.1, 0.15) is 13.2 Å². The molecule has 0 fully saturated rings. The van der Waals surface area contributed by atoms with Gasteiger partial charge in [-0.15, -0.1) is 11.3 Å². The van der Waals surface area contributed by atoms with E-state index in [4.69, 9.17) is 9.47 Å². The first kappa shape index (κ1) is 15.6. The third-order valence-electron chi connectivity index (χ3n) is 3.16. The molecule has 0 N–H and O–H groups in total. The fourth-order valence-electron chi connectivity index (χ4n) is 2.13. The number of aryl methyl sites for hydroxylation is 3. The molecular weight excluding hydrogens is 280 g/mol. The molecule has 21 heavy (non-hydrogen) atoms. The fraction of sp³-hybridized carbons (Fsp3) is 0.333. The molecule has 3 heteroatoms. The summed E-state index contributed by atoms with van der Waals surface area (Å²) < 4.78 is 10.9. The van der Waals surface area contributed by atoms with E-state index in [0.717, 1.165) is 11.5 Å². The molecule has 3 rings (SSSR count). The molecule has 0 saturated carbocycles. The molecule has 1 aromatic heterocycles. The summed E-state index contributed by atoms with van der Waals surface area (Å²) in [4.78, 5) is 2.44. The van der Waals surface area contributed by atoms with Gasteiger partial charge in [0.25, 0.3) is 0 Å². The minimum atomic E-state index is 0.685. The Hall–Kier alpha value is -1.74. The summed E-state index contributed by atoms with van der Waals surface area (Å²) in [5, 5.41) is 0. The number of thiophene rings is 1. The molecule has 2 nitrogen and oxygen atoms in total. The first-order chi connectivity index (χ1) is 10.1. The zero-order valence-corrected chi connectivity index (χ0v) is 13.9. The predicted octanol–water partition coefficient (Wildman–Crippen LogP) is 5.16. The van der Waals surface area contributed by atoms with Gasteiger partial charge < -0.3 is 9.47 Å². The van der Waals surface area contributed by atoms with E-state index < -0.39 is 0 Å². The summed E-state index contributed by atoms with van der Waals surface area (Å²) in [6.07, 6.45) is 4.14. The fourth-order valence-corrected chi connectivity index (χ4v) is 3.08. The molecule has 0 bridgehead atoms. The molecule has 0 aliphatic carbocycles. The second-order valence-corrected chi connectivity index (χ2v) is 6.41. The Balaban J connectivity index is 0.000000155. The topological polar surface area (TPSA) is 18.5 Å². The van der Waals surface area contributed by atoms with Gasteiger partial charge in [-0.05, 0) is 33.3 Å². The van der Waals surface area contributed by atoms with E-state index in [1.807, 2.05) is 13.0 Å². The highest BCUT2D eigenvalue weighted by Crippen LogP contribution is 2.42. The van der Waals surface area contributed by atoms with Crippen LogP contribution in [-0.4, -0.2) is 13.2 Å².